The average Bonchev–Trinajstić information content (AvgIpc) is 2.32. The van der Waals surface area contributed by atoms with Gasteiger partial charge in [-0.05, 0) is 11.6 Å². The summed E-state index contributed by atoms with van der Waals surface area (Å²) in [6.07, 6.45) is 0. The summed E-state index contributed by atoms with van der Waals surface area (Å²) >= 11 is 2.91. The van der Waals surface area contributed by atoms with Crippen molar-refractivity contribution in [2.24, 2.45) is 0 Å². The van der Waals surface area contributed by atoms with Crippen LogP contribution in [0.25, 0.3) is 0 Å². The SMILES string of the molecule is [2H]c1c([2H])c([2H])c(C2([2H])C([2H])([2H])OC2([2H])[2H])c(Br)c1[2H]. The third kappa shape index (κ3) is 1.33. The first-order chi connectivity index (χ1) is 8.88. The third-order valence-corrected chi connectivity index (χ3v) is 1.79. The van der Waals surface area contributed by atoms with Crippen LogP contribution in [-0.4, -0.2) is 13.1 Å². The molecule has 1 heterocycles. The first-order valence-corrected chi connectivity index (χ1v) is 3.64. The quantitative estimate of drug-likeness (QED) is 0.709. The van der Waals surface area contributed by atoms with E-state index < -0.39 is 48.7 Å². The molecule has 1 aromatic rings. The smallest absolute Gasteiger partial charge is 0.0635 e. The van der Waals surface area contributed by atoms with Gasteiger partial charge >= 0.3 is 0 Å². The van der Waals surface area contributed by atoms with Crippen LogP contribution in [0.1, 0.15) is 23.8 Å². The van der Waals surface area contributed by atoms with Crippen molar-refractivity contribution in [2.75, 3.05) is 13.1 Å². The summed E-state index contributed by atoms with van der Waals surface area (Å²) in [5.74, 6) is -2.60. The Kier molecular flexibility index (Phi) is 0.626. The van der Waals surface area contributed by atoms with Crippen molar-refractivity contribution in [1.82, 2.24) is 0 Å². The van der Waals surface area contributed by atoms with Gasteiger partial charge in [0.05, 0.1) is 24.1 Å². The second-order valence-electron chi connectivity index (χ2n) is 1.87. The lowest BCUT2D eigenvalue weighted by molar-refractivity contribution is 0.00814. The second kappa shape index (κ2) is 2.95. The van der Waals surface area contributed by atoms with E-state index in [4.69, 9.17) is 12.3 Å². The molecule has 58 valence electrons. The van der Waals surface area contributed by atoms with Gasteiger partial charge in [-0.1, -0.05) is 34.1 Å². The van der Waals surface area contributed by atoms with Gasteiger partial charge in [-0.25, -0.2) is 0 Å². The highest BCUT2D eigenvalue weighted by Crippen LogP contribution is 2.29. The van der Waals surface area contributed by atoms with Crippen molar-refractivity contribution in [2.45, 2.75) is 5.89 Å². The van der Waals surface area contributed by atoms with E-state index in [1.54, 1.807) is 0 Å². The van der Waals surface area contributed by atoms with Gasteiger partial charge in [-0.2, -0.15) is 0 Å². The van der Waals surface area contributed by atoms with Crippen LogP contribution < -0.4 is 0 Å². The Morgan fingerprint density at radius 1 is 1.64 bits per heavy atom. The lowest BCUT2D eigenvalue weighted by atomic mass is 9.98. The largest absolute Gasteiger partial charge is 0.380 e. The fraction of sp³-hybridized carbons (Fsp3) is 0.333. The summed E-state index contributed by atoms with van der Waals surface area (Å²) in [4.78, 5) is 0. The molecule has 0 radical (unpaired) electrons. The van der Waals surface area contributed by atoms with Crippen molar-refractivity contribution < 1.29 is 17.1 Å². The average molecular weight is 222 g/mol. The molecule has 1 aliphatic heterocycles. The van der Waals surface area contributed by atoms with E-state index in [2.05, 4.69) is 20.7 Å². The van der Waals surface area contributed by atoms with E-state index in [-0.39, 0.29) is 4.47 Å². The van der Waals surface area contributed by atoms with Crippen molar-refractivity contribution in [3.8, 4) is 0 Å². The Morgan fingerprint density at radius 3 is 3.09 bits per heavy atom. The van der Waals surface area contributed by atoms with E-state index in [1.807, 2.05) is 0 Å². The number of halogens is 1. The molecule has 1 aromatic carbocycles. The summed E-state index contributed by atoms with van der Waals surface area (Å²) in [5, 5.41) is 0. The predicted molar refractivity (Wildman–Crippen MR) is 47.7 cm³/mol. The van der Waals surface area contributed by atoms with Crippen LogP contribution in [0.15, 0.2) is 28.6 Å². The fourth-order valence-corrected chi connectivity index (χ4v) is 1.07. The molecule has 1 fully saturated rings. The third-order valence-electron chi connectivity index (χ3n) is 1.20. The van der Waals surface area contributed by atoms with Crippen molar-refractivity contribution in [3.63, 3.8) is 0 Å². The normalized spacial score (nSPS) is 41.7. The van der Waals surface area contributed by atoms with E-state index in [0.717, 1.165) is 0 Å². The zero-order valence-electron chi connectivity index (χ0n) is 14.3. The molecule has 0 spiro atoms. The zero-order valence-corrected chi connectivity index (χ0v) is 6.87. The summed E-state index contributed by atoms with van der Waals surface area (Å²) in [5.41, 5.74) is -0.496. The molecule has 1 aliphatic rings. The maximum atomic E-state index is 8.10. The zero-order chi connectivity index (χ0) is 15.7. The number of hydrogen-bond donors (Lipinski definition) is 0. The van der Waals surface area contributed by atoms with Crippen molar-refractivity contribution in [1.29, 1.82) is 0 Å². The highest BCUT2D eigenvalue weighted by atomic mass is 79.9. The van der Waals surface area contributed by atoms with Gasteiger partial charge < -0.3 is 4.74 Å². The number of rotatable bonds is 1. The van der Waals surface area contributed by atoms with Gasteiger partial charge in [-0.3, -0.25) is 0 Å². The van der Waals surface area contributed by atoms with Crippen LogP contribution in [0, 0.1) is 0 Å². The molecule has 0 saturated carbocycles. The molecule has 11 heavy (non-hydrogen) atoms. The van der Waals surface area contributed by atoms with Crippen LogP contribution in [0.4, 0.5) is 0 Å². The van der Waals surface area contributed by atoms with Crippen LogP contribution in [0.3, 0.4) is 0 Å². The lowest BCUT2D eigenvalue weighted by Crippen LogP contribution is -2.25. The summed E-state index contributed by atoms with van der Waals surface area (Å²) in [6, 6.07) is -2.36. The topological polar surface area (TPSA) is 9.23 Å². The molecular weight excluding hydrogens is 204 g/mol. The highest BCUT2D eigenvalue weighted by Gasteiger charge is 2.21. The predicted octanol–water partition coefficient (Wildman–Crippen LogP) is 2.56. The Bertz CT molecular complexity index is 557. The first-order valence-electron chi connectivity index (χ1n) is 7.35. The second-order valence-corrected chi connectivity index (χ2v) is 2.66. The lowest BCUT2D eigenvalue weighted by Gasteiger charge is -2.27. The van der Waals surface area contributed by atoms with Gasteiger partial charge in [0.15, 0.2) is 0 Å². The Labute approximate surface area is 87.1 Å². The Morgan fingerprint density at radius 2 is 2.36 bits per heavy atom. The van der Waals surface area contributed by atoms with Gasteiger partial charge in [-0.15, -0.1) is 0 Å². The molecule has 0 bridgehead atoms. The monoisotopic (exact) mass is 221 g/mol. The molecule has 0 aliphatic carbocycles. The Hall–Kier alpha value is -0.340. The minimum absolute atomic E-state index is 0.241. The van der Waals surface area contributed by atoms with Crippen LogP contribution in [0.2, 0.25) is 0 Å². The molecule has 0 amide bonds. The Balaban J connectivity index is 2.83. The minimum Gasteiger partial charge on any atom is -0.380 e. The molecule has 0 unspecified atom stereocenters. The van der Waals surface area contributed by atoms with E-state index in [1.165, 1.54) is 0 Å². The summed E-state index contributed by atoms with van der Waals surface area (Å²) in [6.45, 7) is -5.42. The summed E-state index contributed by atoms with van der Waals surface area (Å²) in [7, 11) is 0. The number of hydrogen-bond acceptors (Lipinski definition) is 1. The molecule has 0 aromatic heterocycles. The molecule has 2 rings (SSSR count). The van der Waals surface area contributed by atoms with Crippen LogP contribution in [-0.2, 0) is 4.74 Å². The van der Waals surface area contributed by atoms with Crippen LogP contribution >= 0.6 is 15.9 Å². The number of benzene rings is 1. The minimum atomic E-state index is -2.71. The van der Waals surface area contributed by atoms with Crippen LogP contribution in [0.5, 0.6) is 0 Å². The van der Waals surface area contributed by atoms with Gasteiger partial charge in [0.2, 0.25) is 0 Å². The molecule has 0 atom stereocenters. The van der Waals surface area contributed by atoms with Crippen molar-refractivity contribution >= 4 is 15.9 Å². The van der Waals surface area contributed by atoms with Gasteiger partial charge in [0.25, 0.3) is 0 Å². The first kappa shape index (κ1) is 2.33. The van der Waals surface area contributed by atoms with E-state index in [0.29, 0.717) is 0 Å². The molecule has 1 saturated heterocycles. The maximum absolute atomic E-state index is 8.10. The maximum Gasteiger partial charge on any atom is 0.0635 e. The summed E-state index contributed by atoms with van der Waals surface area (Å²) < 4.78 is 73.0. The van der Waals surface area contributed by atoms with Gasteiger partial charge in [0, 0.05) is 11.7 Å². The standard InChI is InChI=1S/C9H9BrO/c10-9-4-2-1-3-8(9)7-5-11-6-7/h1-4,7H,5-6H2/i1D,2D,3D,4D,5D2,6D2,7D. The van der Waals surface area contributed by atoms with Gasteiger partial charge in [0.1, 0.15) is 0 Å². The highest BCUT2D eigenvalue weighted by molar-refractivity contribution is 9.10. The molecule has 1 nitrogen and oxygen atoms in total. The number of ether oxygens (including phenoxy) is 1. The molecular formula is C9H9BrO. The van der Waals surface area contributed by atoms with E-state index >= 15 is 0 Å². The fourth-order valence-electron chi connectivity index (χ4n) is 0.674. The molecule has 0 N–H and O–H groups in total. The molecule has 2 heteroatoms. The van der Waals surface area contributed by atoms with Crippen molar-refractivity contribution in [3.05, 3.63) is 34.2 Å². The van der Waals surface area contributed by atoms with E-state index in [9.17, 15) is 0 Å².